The summed E-state index contributed by atoms with van der Waals surface area (Å²) >= 11 is 0. The molecule has 1 aliphatic rings. The molecule has 0 aliphatic carbocycles. The van der Waals surface area contributed by atoms with E-state index < -0.39 is 20.8 Å². The number of benzene rings is 2. The first kappa shape index (κ1) is 31.5. The van der Waals surface area contributed by atoms with Crippen LogP contribution in [-0.4, -0.2) is 66.1 Å². The number of alkyl carbamates (subject to hydrolysis) is 1. The maximum Gasteiger partial charge on any atom is 0.500 e. The molecule has 0 aromatic heterocycles. The lowest BCUT2D eigenvalue weighted by molar-refractivity contribution is -0.126. The molecule has 1 fully saturated rings. The van der Waals surface area contributed by atoms with Crippen LogP contribution in [0.15, 0.2) is 54.6 Å². The number of carbonyl (C=O) groups is 3. The van der Waals surface area contributed by atoms with Gasteiger partial charge in [-0.2, -0.15) is 0 Å². The Morgan fingerprint density at radius 3 is 2.17 bits per heavy atom. The van der Waals surface area contributed by atoms with E-state index in [0.717, 1.165) is 23.2 Å². The third kappa shape index (κ3) is 9.26. The molecule has 40 heavy (non-hydrogen) atoms. The average molecular weight is 571 g/mol. The van der Waals surface area contributed by atoms with Crippen molar-refractivity contribution < 1.29 is 32.4 Å². The molecule has 9 nitrogen and oxygen atoms in total. The van der Waals surface area contributed by atoms with Gasteiger partial charge in [-0.25, -0.2) is 4.79 Å². The molecule has 0 saturated carbocycles. The lowest BCUT2D eigenvalue weighted by Gasteiger charge is -2.28. The van der Waals surface area contributed by atoms with Gasteiger partial charge in [-0.05, 0) is 69.7 Å². The Hall–Kier alpha value is -3.05. The van der Waals surface area contributed by atoms with Crippen molar-refractivity contribution in [2.75, 3.05) is 44.4 Å². The molecule has 10 heteroatoms. The Kier molecular flexibility index (Phi) is 12.8. The highest BCUT2D eigenvalue weighted by atomic mass is 28.4. The highest BCUT2D eigenvalue weighted by Gasteiger charge is 2.40. The van der Waals surface area contributed by atoms with Crippen LogP contribution in [0.1, 0.15) is 44.7 Å². The van der Waals surface area contributed by atoms with Crippen LogP contribution in [-0.2, 0) is 40.4 Å². The van der Waals surface area contributed by atoms with Gasteiger partial charge in [-0.1, -0.05) is 42.5 Å². The summed E-state index contributed by atoms with van der Waals surface area (Å²) < 4.78 is 22.8. The van der Waals surface area contributed by atoms with Gasteiger partial charge in [0, 0.05) is 38.1 Å². The van der Waals surface area contributed by atoms with E-state index in [-0.39, 0.29) is 18.2 Å². The average Bonchev–Trinajstić information content (AvgIpc) is 3.23. The summed E-state index contributed by atoms with van der Waals surface area (Å²) in [4.78, 5) is 39.1. The zero-order valence-corrected chi connectivity index (χ0v) is 24.9. The molecular formula is C30H42N2O7Si. The molecule has 2 aromatic carbocycles. The number of anilines is 1. The first-order valence-corrected chi connectivity index (χ1v) is 16.1. The van der Waals surface area contributed by atoms with Crippen molar-refractivity contribution in [2.24, 2.45) is 5.92 Å². The number of rotatable bonds is 17. The van der Waals surface area contributed by atoms with Crippen molar-refractivity contribution in [1.29, 1.82) is 0 Å². The molecule has 0 bridgehead atoms. The molecule has 1 N–H and O–H groups in total. The zero-order valence-electron chi connectivity index (χ0n) is 23.9. The third-order valence-electron chi connectivity index (χ3n) is 6.66. The number of hydrogen-bond donors (Lipinski definition) is 1. The summed E-state index contributed by atoms with van der Waals surface area (Å²) in [7, 11) is -2.71. The summed E-state index contributed by atoms with van der Waals surface area (Å²) in [6.07, 6.45) is 2.04. The number of carbonyl (C=O) groups excluding carboxylic acids is 3. The maximum atomic E-state index is 12.9. The lowest BCUT2D eigenvalue weighted by Crippen LogP contribution is -2.46. The van der Waals surface area contributed by atoms with Crippen LogP contribution in [0, 0.1) is 5.92 Å². The van der Waals surface area contributed by atoms with E-state index in [0.29, 0.717) is 58.3 Å². The summed E-state index contributed by atoms with van der Waals surface area (Å²) in [5.74, 6) is -0.829. The van der Waals surface area contributed by atoms with Crippen molar-refractivity contribution in [2.45, 2.75) is 52.5 Å². The number of ketones is 1. The summed E-state index contributed by atoms with van der Waals surface area (Å²) in [5.41, 5.74) is 2.77. The number of ether oxygens (including phenoxy) is 1. The van der Waals surface area contributed by atoms with Crippen LogP contribution in [0.4, 0.5) is 10.5 Å². The van der Waals surface area contributed by atoms with Crippen molar-refractivity contribution in [1.82, 2.24) is 5.32 Å². The molecular weight excluding hydrogens is 528 g/mol. The fourth-order valence-corrected chi connectivity index (χ4v) is 7.38. The fourth-order valence-electron chi connectivity index (χ4n) is 4.77. The molecule has 1 heterocycles. The zero-order chi connectivity index (χ0) is 28.8. The minimum Gasteiger partial charge on any atom is -0.450 e. The van der Waals surface area contributed by atoms with Crippen LogP contribution in [0.25, 0.3) is 0 Å². The Labute approximate surface area is 238 Å². The number of nitrogens with one attached hydrogen (secondary N) is 1. The molecule has 0 spiro atoms. The third-order valence-corrected chi connectivity index (χ3v) is 9.81. The summed E-state index contributed by atoms with van der Waals surface area (Å²) in [5, 5.41) is 2.77. The SMILES string of the molecule is CCO[Si](CCCNC(=O)OCCCc1ccc(N2CC(=O)C(Cc3ccccc3)C2=O)cc1)(OCC)OCC. The molecule has 1 unspecified atom stereocenters. The number of Topliss-reactive ketones (excluding diaryl/α,β-unsaturated/α-hetero) is 1. The van der Waals surface area contributed by atoms with Gasteiger partial charge < -0.3 is 28.2 Å². The molecule has 218 valence electrons. The monoisotopic (exact) mass is 570 g/mol. The van der Waals surface area contributed by atoms with E-state index in [1.807, 2.05) is 75.4 Å². The predicted octanol–water partition coefficient (Wildman–Crippen LogP) is 4.56. The van der Waals surface area contributed by atoms with Gasteiger partial charge >= 0.3 is 14.9 Å². The number of nitrogens with zero attached hydrogens (tertiary/aromatic N) is 1. The smallest absolute Gasteiger partial charge is 0.450 e. The van der Waals surface area contributed by atoms with E-state index >= 15 is 0 Å². The lowest BCUT2D eigenvalue weighted by atomic mass is 9.97. The van der Waals surface area contributed by atoms with Gasteiger partial charge in [0.05, 0.1) is 13.2 Å². The number of aryl methyl sites for hydroxylation is 1. The van der Waals surface area contributed by atoms with Crippen LogP contribution in [0.2, 0.25) is 6.04 Å². The van der Waals surface area contributed by atoms with Gasteiger partial charge in [-0.3, -0.25) is 9.59 Å². The highest BCUT2D eigenvalue weighted by molar-refractivity contribution is 6.60. The minimum absolute atomic E-state index is 0.0485. The Balaban J connectivity index is 1.36. The molecule has 0 radical (unpaired) electrons. The second-order valence-electron chi connectivity index (χ2n) is 9.55. The Morgan fingerprint density at radius 1 is 0.900 bits per heavy atom. The molecule has 1 aliphatic heterocycles. The highest BCUT2D eigenvalue weighted by Crippen LogP contribution is 2.26. The van der Waals surface area contributed by atoms with E-state index in [4.69, 9.17) is 18.0 Å². The van der Waals surface area contributed by atoms with Crippen LogP contribution < -0.4 is 10.2 Å². The predicted molar refractivity (Wildman–Crippen MR) is 155 cm³/mol. The quantitative estimate of drug-likeness (QED) is 0.169. The second-order valence-corrected chi connectivity index (χ2v) is 12.3. The van der Waals surface area contributed by atoms with Crippen molar-refractivity contribution in [3.63, 3.8) is 0 Å². The van der Waals surface area contributed by atoms with Crippen molar-refractivity contribution >= 4 is 32.3 Å². The summed E-state index contributed by atoms with van der Waals surface area (Å²) in [6, 6.07) is 17.9. The second kappa shape index (κ2) is 16.3. The van der Waals surface area contributed by atoms with Gasteiger partial charge in [-0.15, -0.1) is 0 Å². The first-order valence-electron chi connectivity index (χ1n) is 14.2. The topological polar surface area (TPSA) is 103 Å². The van der Waals surface area contributed by atoms with Crippen molar-refractivity contribution in [3.8, 4) is 0 Å². The number of amides is 2. The van der Waals surface area contributed by atoms with Crippen LogP contribution in [0.3, 0.4) is 0 Å². The largest absolute Gasteiger partial charge is 0.500 e. The van der Waals surface area contributed by atoms with Gasteiger partial charge in [0.2, 0.25) is 5.91 Å². The fraction of sp³-hybridized carbons (Fsp3) is 0.500. The van der Waals surface area contributed by atoms with Gasteiger partial charge in [0.15, 0.2) is 5.78 Å². The maximum absolute atomic E-state index is 12.9. The van der Waals surface area contributed by atoms with E-state index in [9.17, 15) is 14.4 Å². The van der Waals surface area contributed by atoms with E-state index in [1.165, 1.54) is 0 Å². The number of hydrogen-bond acceptors (Lipinski definition) is 7. The molecule has 1 saturated heterocycles. The normalized spacial score (nSPS) is 15.5. The summed E-state index contributed by atoms with van der Waals surface area (Å²) in [6.45, 7) is 8.18. The standard InChI is InChI=1S/C30H42N2O7Si/c1-4-37-40(38-5-2,39-6-3)21-11-19-31-30(35)36-20-10-14-24-15-17-26(18-16-24)32-23-28(33)27(29(32)34)22-25-12-8-7-9-13-25/h7-9,12-13,15-18,27H,4-6,10-11,14,19-23H2,1-3H3,(H,31,35). The van der Waals surface area contributed by atoms with Gasteiger partial charge in [0.1, 0.15) is 5.92 Å². The van der Waals surface area contributed by atoms with Crippen molar-refractivity contribution in [3.05, 3.63) is 65.7 Å². The van der Waals surface area contributed by atoms with Gasteiger partial charge in [0.25, 0.3) is 0 Å². The molecule has 2 aromatic rings. The first-order chi connectivity index (χ1) is 19.4. The molecule has 2 amide bonds. The van der Waals surface area contributed by atoms with E-state index in [2.05, 4.69) is 5.32 Å². The van der Waals surface area contributed by atoms with Crippen LogP contribution >= 0.6 is 0 Å². The molecule has 1 atom stereocenters. The minimum atomic E-state index is -2.71. The molecule has 3 rings (SSSR count). The van der Waals surface area contributed by atoms with E-state index in [1.54, 1.807) is 4.90 Å². The Bertz CT molecular complexity index is 1060. The Morgan fingerprint density at radius 2 is 1.55 bits per heavy atom. The van der Waals surface area contributed by atoms with Crippen LogP contribution in [0.5, 0.6) is 0 Å².